The van der Waals surface area contributed by atoms with Crippen molar-refractivity contribution in [3.63, 3.8) is 0 Å². The number of hydrogen-bond donors (Lipinski definition) is 2. The summed E-state index contributed by atoms with van der Waals surface area (Å²) in [5, 5.41) is 5.59. The standard InChI is InChI=1S/C29H37N3O4/c1-9-20(4)24(31-28(35)36-29(6,7)8)27(34)32(10-2)25(22-16-13-14-19(3)18-22)26(33)30-23-17-12-11-15-21(23)5/h2,11-18,20,24-25H,9H2,1,3-8H3,(H,30,33)(H,31,35). The van der Waals surface area contributed by atoms with Crippen molar-refractivity contribution in [2.45, 2.75) is 72.6 Å². The first-order valence-electron chi connectivity index (χ1n) is 12.1. The Morgan fingerprint density at radius 3 is 2.31 bits per heavy atom. The molecule has 0 bridgehead atoms. The molecule has 36 heavy (non-hydrogen) atoms. The van der Waals surface area contributed by atoms with Gasteiger partial charge in [0.25, 0.3) is 11.8 Å². The quantitative estimate of drug-likeness (QED) is 0.385. The Morgan fingerprint density at radius 2 is 1.75 bits per heavy atom. The van der Waals surface area contributed by atoms with Crippen LogP contribution in [0.5, 0.6) is 0 Å². The number of carbonyl (C=O) groups excluding carboxylic acids is 3. The molecule has 2 aromatic rings. The average molecular weight is 492 g/mol. The van der Waals surface area contributed by atoms with Gasteiger partial charge in [-0.1, -0.05) is 74.7 Å². The summed E-state index contributed by atoms with van der Waals surface area (Å²) in [4.78, 5) is 41.1. The van der Waals surface area contributed by atoms with Crippen LogP contribution in [0.1, 0.15) is 63.8 Å². The molecule has 7 heteroatoms. The zero-order chi connectivity index (χ0) is 27.0. The predicted molar refractivity (Wildman–Crippen MR) is 142 cm³/mol. The Bertz CT molecular complexity index is 1130. The number of anilines is 1. The van der Waals surface area contributed by atoms with Gasteiger partial charge < -0.3 is 15.4 Å². The van der Waals surface area contributed by atoms with Gasteiger partial charge in [-0.15, -0.1) is 0 Å². The smallest absolute Gasteiger partial charge is 0.408 e. The van der Waals surface area contributed by atoms with E-state index in [-0.39, 0.29) is 5.92 Å². The number of ether oxygens (including phenoxy) is 1. The molecule has 3 atom stereocenters. The van der Waals surface area contributed by atoms with Crippen LogP contribution < -0.4 is 10.6 Å². The number of alkyl carbamates (subject to hydrolysis) is 1. The van der Waals surface area contributed by atoms with E-state index in [0.29, 0.717) is 17.7 Å². The van der Waals surface area contributed by atoms with Gasteiger partial charge >= 0.3 is 6.09 Å². The van der Waals surface area contributed by atoms with Gasteiger partial charge in [-0.25, -0.2) is 4.79 Å². The summed E-state index contributed by atoms with van der Waals surface area (Å²) in [6, 6.07) is 14.9. The highest BCUT2D eigenvalue weighted by Gasteiger charge is 2.38. The van der Waals surface area contributed by atoms with Crippen molar-refractivity contribution in [1.29, 1.82) is 0 Å². The third-order valence-electron chi connectivity index (χ3n) is 5.80. The van der Waals surface area contributed by atoms with Crippen LogP contribution >= 0.6 is 0 Å². The van der Waals surface area contributed by atoms with Crippen LogP contribution in [0.2, 0.25) is 0 Å². The van der Waals surface area contributed by atoms with Crippen LogP contribution in [0.4, 0.5) is 10.5 Å². The Hall–Kier alpha value is -3.79. The first kappa shape index (κ1) is 28.4. The predicted octanol–water partition coefficient (Wildman–Crippen LogP) is 5.34. The molecule has 0 heterocycles. The molecular formula is C29H37N3O4. The Kier molecular flexibility index (Phi) is 9.68. The molecule has 0 aliphatic carbocycles. The van der Waals surface area contributed by atoms with E-state index < -0.39 is 35.6 Å². The monoisotopic (exact) mass is 491 g/mol. The fourth-order valence-electron chi connectivity index (χ4n) is 3.70. The van der Waals surface area contributed by atoms with E-state index >= 15 is 0 Å². The first-order chi connectivity index (χ1) is 16.9. The molecule has 2 N–H and O–H groups in total. The maximum absolute atomic E-state index is 13.8. The van der Waals surface area contributed by atoms with E-state index in [4.69, 9.17) is 11.2 Å². The van der Waals surface area contributed by atoms with E-state index in [0.717, 1.165) is 16.0 Å². The normalized spacial score (nSPS) is 13.5. The van der Waals surface area contributed by atoms with Crippen LogP contribution in [0.15, 0.2) is 48.5 Å². The van der Waals surface area contributed by atoms with Crippen molar-refractivity contribution in [1.82, 2.24) is 10.2 Å². The number of benzene rings is 2. The lowest BCUT2D eigenvalue weighted by molar-refractivity contribution is -0.137. The minimum atomic E-state index is -1.12. The van der Waals surface area contributed by atoms with E-state index in [2.05, 4.69) is 16.7 Å². The van der Waals surface area contributed by atoms with Crippen LogP contribution in [-0.4, -0.2) is 34.5 Å². The molecule has 0 saturated carbocycles. The number of rotatable bonds is 8. The van der Waals surface area contributed by atoms with Crippen molar-refractivity contribution < 1.29 is 19.1 Å². The topological polar surface area (TPSA) is 87.7 Å². The minimum absolute atomic E-state index is 0.265. The zero-order valence-corrected chi connectivity index (χ0v) is 22.2. The highest BCUT2D eigenvalue weighted by atomic mass is 16.6. The molecule has 2 aromatic carbocycles. The number of para-hydroxylation sites is 1. The second kappa shape index (κ2) is 12.3. The van der Waals surface area contributed by atoms with Crippen LogP contribution in [0.25, 0.3) is 0 Å². The lowest BCUT2D eigenvalue weighted by Gasteiger charge is -2.32. The summed E-state index contributed by atoms with van der Waals surface area (Å²) in [6.45, 7) is 12.7. The number of nitrogens with one attached hydrogen (secondary N) is 2. The average Bonchev–Trinajstić information content (AvgIpc) is 2.80. The third kappa shape index (κ3) is 7.61. The van der Waals surface area contributed by atoms with Crippen molar-refractivity contribution in [3.8, 4) is 12.5 Å². The van der Waals surface area contributed by atoms with Gasteiger partial charge in [-0.2, -0.15) is 0 Å². The zero-order valence-electron chi connectivity index (χ0n) is 22.2. The summed E-state index contributed by atoms with van der Waals surface area (Å²) < 4.78 is 5.38. The van der Waals surface area contributed by atoms with Crippen molar-refractivity contribution in [2.75, 3.05) is 5.32 Å². The van der Waals surface area contributed by atoms with Gasteiger partial charge in [0.2, 0.25) is 0 Å². The van der Waals surface area contributed by atoms with Gasteiger partial charge in [0.05, 0.1) is 0 Å². The SMILES string of the molecule is C#CN(C(=O)C(NC(=O)OC(C)(C)C)C(C)CC)C(C(=O)Nc1ccccc1C)c1cccc(C)c1. The van der Waals surface area contributed by atoms with E-state index in [1.165, 1.54) is 0 Å². The molecule has 0 fully saturated rings. The molecule has 2 rings (SSSR count). The summed E-state index contributed by atoms with van der Waals surface area (Å²) in [5.74, 6) is -1.29. The van der Waals surface area contributed by atoms with Crippen LogP contribution in [0.3, 0.4) is 0 Å². The highest BCUT2D eigenvalue weighted by Crippen LogP contribution is 2.27. The molecule has 192 valence electrons. The van der Waals surface area contributed by atoms with E-state index in [9.17, 15) is 14.4 Å². The van der Waals surface area contributed by atoms with Gasteiger partial charge in [-0.05, 0) is 57.7 Å². The summed E-state index contributed by atoms with van der Waals surface area (Å²) in [7, 11) is 0. The molecule has 0 radical (unpaired) electrons. The largest absolute Gasteiger partial charge is 0.444 e. The lowest BCUT2D eigenvalue weighted by atomic mass is 9.95. The summed E-state index contributed by atoms with van der Waals surface area (Å²) >= 11 is 0. The Labute approximate surface area is 214 Å². The Morgan fingerprint density at radius 1 is 1.08 bits per heavy atom. The second-order valence-electron chi connectivity index (χ2n) is 9.97. The summed E-state index contributed by atoms with van der Waals surface area (Å²) in [5.41, 5.74) is 2.23. The number of terminal acetylenes is 1. The lowest BCUT2D eigenvalue weighted by Crippen LogP contribution is -2.53. The van der Waals surface area contributed by atoms with Crippen molar-refractivity contribution in [3.05, 3.63) is 65.2 Å². The highest BCUT2D eigenvalue weighted by molar-refractivity contribution is 6.00. The van der Waals surface area contributed by atoms with Gasteiger partial charge in [0.15, 0.2) is 0 Å². The number of carbonyl (C=O) groups is 3. The fourth-order valence-corrected chi connectivity index (χ4v) is 3.70. The van der Waals surface area contributed by atoms with Gasteiger partial charge in [0, 0.05) is 11.7 Å². The maximum atomic E-state index is 13.8. The maximum Gasteiger partial charge on any atom is 0.408 e. The molecule has 0 aromatic heterocycles. The third-order valence-corrected chi connectivity index (χ3v) is 5.80. The van der Waals surface area contributed by atoms with Gasteiger partial charge in [-0.3, -0.25) is 14.5 Å². The molecule has 7 nitrogen and oxygen atoms in total. The van der Waals surface area contributed by atoms with Crippen LogP contribution in [-0.2, 0) is 14.3 Å². The number of amides is 3. The molecule has 0 spiro atoms. The number of aryl methyl sites for hydroxylation is 2. The van der Waals surface area contributed by atoms with Gasteiger partial charge in [0.1, 0.15) is 17.7 Å². The molecular weight excluding hydrogens is 454 g/mol. The van der Waals surface area contributed by atoms with Crippen molar-refractivity contribution in [2.24, 2.45) is 5.92 Å². The number of nitrogens with zero attached hydrogens (tertiary/aromatic N) is 1. The van der Waals surface area contributed by atoms with E-state index in [1.807, 2.05) is 64.1 Å². The summed E-state index contributed by atoms with van der Waals surface area (Å²) in [6.07, 6.45) is 5.72. The number of hydrogen-bond acceptors (Lipinski definition) is 4. The molecule has 3 amide bonds. The first-order valence-corrected chi connectivity index (χ1v) is 12.1. The van der Waals surface area contributed by atoms with E-state index in [1.54, 1.807) is 32.9 Å². The molecule has 3 unspecified atom stereocenters. The minimum Gasteiger partial charge on any atom is -0.444 e. The molecule has 0 saturated heterocycles. The molecule has 0 aliphatic heterocycles. The Balaban J connectivity index is 2.49. The van der Waals surface area contributed by atoms with Crippen molar-refractivity contribution >= 4 is 23.6 Å². The van der Waals surface area contributed by atoms with Crippen LogP contribution in [0, 0.1) is 32.2 Å². The molecule has 0 aliphatic rings. The fraction of sp³-hybridized carbons (Fsp3) is 0.414. The second-order valence-corrected chi connectivity index (χ2v) is 9.97.